The molecule has 0 atom stereocenters. The van der Waals surface area contributed by atoms with Crippen LogP contribution in [0.3, 0.4) is 0 Å². The van der Waals surface area contributed by atoms with Gasteiger partial charge >= 0.3 is 6.03 Å². The third-order valence-electron chi connectivity index (χ3n) is 8.32. The molecule has 4 nitrogen and oxygen atoms in total. The van der Waals surface area contributed by atoms with Crippen molar-refractivity contribution in [2.75, 3.05) is 33.7 Å². The lowest BCUT2D eigenvalue weighted by atomic mass is 9.89. The Hall–Kier alpha value is -0.770. The van der Waals surface area contributed by atoms with Gasteiger partial charge in [0.2, 0.25) is 0 Å². The predicted molar refractivity (Wildman–Crippen MR) is 175 cm³/mol. The molecular formula is C35H73N3O. The van der Waals surface area contributed by atoms with E-state index in [1.54, 1.807) is 0 Å². The van der Waals surface area contributed by atoms with E-state index >= 15 is 0 Å². The minimum absolute atomic E-state index is 0.00427. The lowest BCUT2D eigenvalue weighted by Crippen LogP contribution is -2.36. The van der Waals surface area contributed by atoms with Gasteiger partial charge in [-0.05, 0) is 45.8 Å². The zero-order valence-corrected chi connectivity index (χ0v) is 27.4. The first kappa shape index (κ1) is 38.2. The van der Waals surface area contributed by atoms with Gasteiger partial charge < -0.3 is 15.5 Å². The van der Waals surface area contributed by atoms with Crippen LogP contribution in [-0.2, 0) is 0 Å². The van der Waals surface area contributed by atoms with Gasteiger partial charge in [0.25, 0.3) is 0 Å². The molecule has 0 saturated heterocycles. The van der Waals surface area contributed by atoms with Crippen molar-refractivity contribution in [3.8, 4) is 0 Å². The van der Waals surface area contributed by atoms with Gasteiger partial charge in [-0.15, -0.1) is 0 Å². The Kier molecular flexibility index (Phi) is 31.1. The van der Waals surface area contributed by atoms with Crippen LogP contribution in [0.4, 0.5) is 4.79 Å². The van der Waals surface area contributed by atoms with Gasteiger partial charge in [-0.2, -0.15) is 0 Å². The second-order valence-corrected chi connectivity index (χ2v) is 12.6. The van der Waals surface area contributed by atoms with Crippen LogP contribution in [0.25, 0.3) is 0 Å². The van der Waals surface area contributed by atoms with Crippen LogP contribution in [0.5, 0.6) is 0 Å². The highest BCUT2D eigenvalue weighted by Gasteiger charge is 2.09. The van der Waals surface area contributed by atoms with Gasteiger partial charge in [0, 0.05) is 13.1 Å². The number of nitrogens with zero attached hydrogens (tertiary/aromatic N) is 1. The number of carbonyl (C=O) groups excluding carboxylic acids is 1. The Morgan fingerprint density at radius 3 is 1.21 bits per heavy atom. The van der Waals surface area contributed by atoms with Crippen LogP contribution < -0.4 is 10.6 Å². The number of carbonyl (C=O) groups is 1. The van der Waals surface area contributed by atoms with E-state index in [9.17, 15) is 4.79 Å². The molecule has 0 aromatic carbocycles. The van der Waals surface area contributed by atoms with Crippen LogP contribution in [0, 0.1) is 5.92 Å². The first-order valence-electron chi connectivity index (χ1n) is 17.8. The molecule has 0 aliphatic rings. The van der Waals surface area contributed by atoms with Gasteiger partial charge in [-0.3, -0.25) is 0 Å². The Morgan fingerprint density at radius 2 is 0.821 bits per heavy atom. The van der Waals surface area contributed by atoms with E-state index in [0.29, 0.717) is 0 Å². The monoisotopic (exact) mass is 552 g/mol. The number of hydrogen-bond acceptors (Lipinski definition) is 2. The largest absolute Gasteiger partial charge is 0.338 e. The average Bonchev–Trinajstić information content (AvgIpc) is 2.92. The quantitative estimate of drug-likeness (QED) is 0.0841. The van der Waals surface area contributed by atoms with Crippen molar-refractivity contribution in [1.82, 2.24) is 15.5 Å². The molecule has 2 N–H and O–H groups in total. The minimum Gasteiger partial charge on any atom is -0.338 e. The molecule has 39 heavy (non-hydrogen) atoms. The van der Waals surface area contributed by atoms with E-state index in [4.69, 9.17) is 0 Å². The second kappa shape index (κ2) is 31.8. The Bertz CT molecular complexity index is 463. The molecule has 0 bridgehead atoms. The zero-order valence-electron chi connectivity index (χ0n) is 27.4. The summed E-state index contributed by atoms with van der Waals surface area (Å²) in [5, 5.41) is 6.01. The zero-order chi connectivity index (χ0) is 28.7. The summed E-state index contributed by atoms with van der Waals surface area (Å²) >= 11 is 0. The number of hydrogen-bond donors (Lipinski definition) is 2. The first-order chi connectivity index (χ1) is 19.1. The predicted octanol–water partition coefficient (Wildman–Crippen LogP) is 10.6. The Balaban J connectivity index is 3.88. The third kappa shape index (κ3) is 31.6. The van der Waals surface area contributed by atoms with Crippen molar-refractivity contribution in [1.29, 1.82) is 0 Å². The van der Waals surface area contributed by atoms with Gasteiger partial charge in [-0.1, -0.05) is 162 Å². The van der Waals surface area contributed by atoms with E-state index in [1.165, 1.54) is 148 Å². The minimum atomic E-state index is 0.00427. The van der Waals surface area contributed by atoms with Crippen molar-refractivity contribution in [2.24, 2.45) is 5.92 Å². The van der Waals surface area contributed by atoms with E-state index in [0.717, 1.165) is 44.8 Å². The van der Waals surface area contributed by atoms with E-state index in [1.807, 2.05) is 0 Å². The van der Waals surface area contributed by atoms with Crippen LogP contribution in [0.1, 0.15) is 181 Å². The standard InChI is InChI=1S/C35H73N3O/c1-5-7-9-11-13-15-18-22-28-34(29-23-19-16-14-12-10-8-6-2)30-24-20-17-21-25-31-36-35(39)37-32-26-27-33-38(3)4/h34H,5-33H2,1-4H3,(H2,36,37,39). The SMILES string of the molecule is CCCCCCCCCCC(CCCCCCCCCC)CCCCCCCNC(=O)NCCCCN(C)C. The molecule has 0 fully saturated rings. The summed E-state index contributed by atoms with van der Waals surface area (Å²) in [6, 6.07) is 0.00427. The molecule has 2 amide bonds. The summed E-state index contributed by atoms with van der Waals surface area (Å²) in [5.41, 5.74) is 0. The van der Waals surface area contributed by atoms with Crippen molar-refractivity contribution in [2.45, 2.75) is 181 Å². The number of amides is 2. The molecule has 234 valence electrons. The molecule has 0 unspecified atom stereocenters. The Labute approximate surface area is 246 Å². The molecule has 0 spiro atoms. The molecule has 0 saturated carbocycles. The molecular weight excluding hydrogens is 478 g/mol. The van der Waals surface area contributed by atoms with Gasteiger partial charge in [0.05, 0.1) is 0 Å². The molecule has 0 aromatic heterocycles. The maximum absolute atomic E-state index is 11.9. The van der Waals surface area contributed by atoms with Gasteiger partial charge in [-0.25, -0.2) is 4.79 Å². The lowest BCUT2D eigenvalue weighted by molar-refractivity contribution is 0.240. The van der Waals surface area contributed by atoms with E-state index in [-0.39, 0.29) is 6.03 Å². The number of rotatable bonds is 31. The molecule has 0 aromatic rings. The number of urea groups is 1. The highest BCUT2D eigenvalue weighted by molar-refractivity contribution is 5.73. The fourth-order valence-electron chi connectivity index (χ4n) is 5.67. The van der Waals surface area contributed by atoms with E-state index in [2.05, 4.69) is 43.5 Å². The number of unbranched alkanes of at least 4 members (excludes halogenated alkanes) is 19. The lowest BCUT2D eigenvalue weighted by Gasteiger charge is -2.17. The fourth-order valence-corrected chi connectivity index (χ4v) is 5.67. The van der Waals surface area contributed by atoms with Crippen molar-refractivity contribution >= 4 is 6.03 Å². The topological polar surface area (TPSA) is 44.4 Å². The summed E-state index contributed by atoms with van der Waals surface area (Å²) in [6.45, 7) is 7.28. The van der Waals surface area contributed by atoms with E-state index < -0.39 is 0 Å². The fraction of sp³-hybridized carbons (Fsp3) is 0.971. The highest BCUT2D eigenvalue weighted by atomic mass is 16.2. The highest BCUT2D eigenvalue weighted by Crippen LogP contribution is 2.25. The first-order valence-corrected chi connectivity index (χ1v) is 17.8. The number of nitrogens with one attached hydrogen (secondary N) is 2. The van der Waals surface area contributed by atoms with Crippen LogP contribution >= 0.6 is 0 Å². The summed E-state index contributed by atoms with van der Waals surface area (Å²) in [4.78, 5) is 14.1. The second-order valence-electron chi connectivity index (χ2n) is 12.6. The summed E-state index contributed by atoms with van der Waals surface area (Å²) in [5.74, 6) is 0.966. The van der Waals surface area contributed by atoms with Gasteiger partial charge in [0.1, 0.15) is 0 Å². The van der Waals surface area contributed by atoms with Crippen LogP contribution in [-0.4, -0.2) is 44.7 Å². The average molecular weight is 552 g/mol. The molecule has 0 heterocycles. The molecule has 4 heteroatoms. The normalized spacial score (nSPS) is 11.5. The maximum atomic E-state index is 11.9. The van der Waals surface area contributed by atoms with Gasteiger partial charge in [0.15, 0.2) is 0 Å². The summed E-state index contributed by atoms with van der Waals surface area (Å²) in [7, 11) is 4.18. The molecule has 0 aliphatic carbocycles. The maximum Gasteiger partial charge on any atom is 0.314 e. The van der Waals surface area contributed by atoms with Crippen LogP contribution in [0.15, 0.2) is 0 Å². The molecule has 0 radical (unpaired) electrons. The Morgan fingerprint density at radius 1 is 0.487 bits per heavy atom. The van der Waals surface area contributed by atoms with Crippen molar-refractivity contribution < 1.29 is 4.79 Å². The van der Waals surface area contributed by atoms with Crippen molar-refractivity contribution in [3.05, 3.63) is 0 Å². The molecule has 0 aliphatic heterocycles. The summed E-state index contributed by atoms with van der Waals surface area (Å²) < 4.78 is 0. The molecule has 0 rings (SSSR count). The summed E-state index contributed by atoms with van der Waals surface area (Å²) in [6.07, 6.45) is 36.0. The van der Waals surface area contributed by atoms with Crippen molar-refractivity contribution in [3.63, 3.8) is 0 Å². The smallest absolute Gasteiger partial charge is 0.314 e. The third-order valence-corrected chi connectivity index (χ3v) is 8.32. The van der Waals surface area contributed by atoms with Crippen LogP contribution in [0.2, 0.25) is 0 Å².